The summed E-state index contributed by atoms with van der Waals surface area (Å²) in [5.41, 5.74) is 5.72. The molecule has 43 heavy (non-hydrogen) atoms. The predicted octanol–water partition coefficient (Wildman–Crippen LogP) is 7.42. The Morgan fingerprint density at radius 1 is 0.860 bits per heavy atom. The number of hydrogen-bond donors (Lipinski definition) is 2. The summed E-state index contributed by atoms with van der Waals surface area (Å²) >= 11 is 1.72. The van der Waals surface area contributed by atoms with Gasteiger partial charge in [0.1, 0.15) is 5.75 Å². The SMILES string of the molecule is CCCCCCCCCCCCCCOc1ccc(NC(=O)Nc2ccccc2C[n+]2csc(C)c2)cc1C(C)(C)C.[Br-]. The maximum atomic E-state index is 13.0. The number of nitrogens with zero attached hydrogens (tertiary/aromatic N) is 1. The van der Waals surface area contributed by atoms with Gasteiger partial charge in [0.25, 0.3) is 0 Å². The van der Waals surface area contributed by atoms with Crippen LogP contribution in [0.15, 0.2) is 54.2 Å². The zero-order valence-electron chi connectivity index (χ0n) is 27.1. The predicted molar refractivity (Wildman–Crippen MR) is 179 cm³/mol. The average Bonchev–Trinajstić information content (AvgIpc) is 3.36. The van der Waals surface area contributed by atoms with Crippen molar-refractivity contribution >= 4 is 28.7 Å². The lowest BCUT2D eigenvalue weighted by Gasteiger charge is -2.24. The van der Waals surface area contributed by atoms with Crippen molar-refractivity contribution in [2.45, 2.75) is 124 Å². The normalized spacial score (nSPS) is 11.2. The molecule has 0 aliphatic rings. The molecule has 0 aliphatic heterocycles. The fourth-order valence-corrected chi connectivity index (χ4v) is 5.87. The summed E-state index contributed by atoms with van der Waals surface area (Å²) in [4.78, 5) is 14.2. The molecule has 3 aromatic rings. The number of unbranched alkanes of at least 4 members (excludes halogenated alkanes) is 11. The number of nitrogens with one attached hydrogen (secondary N) is 2. The monoisotopic (exact) mass is 671 g/mol. The first-order valence-corrected chi connectivity index (χ1v) is 17.0. The molecule has 238 valence electrons. The van der Waals surface area contributed by atoms with Crippen molar-refractivity contribution in [1.29, 1.82) is 0 Å². The second kappa shape index (κ2) is 19.8. The summed E-state index contributed by atoms with van der Waals surface area (Å²) in [5, 5.41) is 6.08. The number of thiazole rings is 1. The Kier molecular flexibility index (Phi) is 17.0. The molecule has 0 saturated carbocycles. The van der Waals surface area contributed by atoms with Gasteiger partial charge in [-0.25, -0.2) is 4.79 Å². The van der Waals surface area contributed by atoms with Crippen molar-refractivity contribution < 1.29 is 31.1 Å². The highest BCUT2D eigenvalue weighted by Gasteiger charge is 2.20. The Hall–Kier alpha value is -2.38. The van der Waals surface area contributed by atoms with Gasteiger partial charge in [0.05, 0.1) is 17.2 Å². The third-order valence-corrected chi connectivity index (χ3v) is 8.49. The van der Waals surface area contributed by atoms with Crippen molar-refractivity contribution in [1.82, 2.24) is 0 Å². The zero-order chi connectivity index (χ0) is 30.2. The lowest BCUT2D eigenvalue weighted by molar-refractivity contribution is -0.683. The number of benzene rings is 2. The number of ether oxygens (including phenoxy) is 1. The second-order valence-corrected chi connectivity index (χ2v) is 13.7. The Balaban J connectivity index is 0.00000645. The number of halogens is 1. The molecule has 1 aromatic heterocycles. The molecule has 0 radical (unpaired) electrons. The summed E-state index contributed by atoms with van der Waals surface area (Å²) in [7, 11) is 0. The summed E-state index contributed by atoms with van der Waals surface area (Å²) in [6, 6.07) is 13.7. The van der Waals surface area contributed by atoms with Crippen LogP contribution in [0.1, 0.15) is 121 Å². The topological polar surface area (TPSA) is 54.2 Å². The van der Waals surface area contributed by atoms with Gasteiger partial charge < -0.3 is 32.4 Å². The molecule has 2 amide bonds. The van der Waals surface area contributed by atoms with E-state index in [1.54, 1.807) is 11.3 Å². The summed E-state index contributed by atoms with van der Waals surface area (Å²) < 4.78 is 8.40. The van der Waals surface area contributed by atoms with Gasteiger partial charge >= 0.3 is 6.03 Å². The van der Waals surface area contributed by atoms with E-state index in [0.717, 1.165) is 41.3 Å². The van der Waals surface area contributed by atoms with Crippen molar-refractivity contribution in [3.8, 4) is 5.75 Å². The molecule has 0 fully saturated rings. The lowest BCUT2D eigenvalue weighted by atomic mass is 9.86. The number of carbonyl (C=O) groups is 1. The van der Waals surface area contributed by atoms with E-state index in [9.17, 15) is 4.79 Å². The molecule has 0 saturated heterocycles. The maximum Gasteiger partial charge on any atom is 0.323 e. The van der Waals surface area contributed by atoms with Crippen LogP contribution in [0.3, 0.4) is 0 Å². The van der Waals surface area contributed by atoms with Gasteiger partial charge in [0, 0.05) is 16.8 Å². The number of aromatic nitrogens is 1. The standard InChI is InChI=1S/C36H53N3O2S.BrH/c1-6-7-8-9-10-11-12-13-14-15-16-19-24-41-34-23-22-31(25-32(34)36(3,4)5)37-35(40)38-33-21-18-17-20-30(33)27-39-26-29(2)42-28-39;/h17-18,20-23,25-26,28H,6-16,19,24,27H2,1-5H3,(H-,37,38,40);1H. The molecule has 2 aromatic carbocycles. The average molecular weight is 673 g/mol. The third-order valence-electron chi connectivity index (χ3n) is 7.64. The third kappa shape index (κ3) is 13.9. The molecule has 0 spiro atoms. The van der Waals surface area contributed by atoms with Gasteiger partial charge in [0.2, 0.25) is 5.51 Å². The van der Waals surface area contributed by atoms with Gasteiger partial charge in [0.15, 0.2) is 12.7 Å². The van der Waals surface area contributed by atoms with Gasteiger partial charge in [-0.3, -0.25) is 0 Å². The van der Waals surface area contributed by atoms with Crippen LogP contribution in [-0.2, 0) is 12.0 Å². The molecule has 3 rings (SSSR count). The minimum Gasteiger partial charge on any atom is -1.00 e. The molecule has 0 aliphatic carbocycles. The lowest BCUT2D eigenvalue weighted by Crippen LogP contribution is -3.00. The summed E-state index contributed by atoms with van der Waals surface area (Å²) in [6.45, 7) is 12.4. The Morgan fingerprint density at radius 3 is 2.09 bits per heavy atom. The first kappa shape index (κ1) is 36.8. The molecule has 7 heteroatoms. The van der Waals surface area contributed by atoms with Crippen molar-refractivity contribution in [3.63, 3.8) is 0 Å². The van der Waals surface area contributed by atoms with Crippen LogP contribution in [0.5, 0.6) is 5.75 Å². The number of carbonyl (C=O) groups excluding carboxylic acids is 1. The van der Waals surface area contributed by atoms with Crippen LogP contribution in [0.25, 0.3) is 0 Å². The van der Waals surface area contributed by atoms with E-state index in [1.807, 2.05) is 36.4 Å². The fourth-order valence-electron chi connectivity index (χ4n) is 5.23. The molecular weight excluding hydrogens is 618 g/mol. The smallest absolute Gasteiger partial charge is 0.323 e. The number of urea groups is 1. The number of rotatable bonds is 18. The minimum atomic E-state index is -0.251. The van der Waals surface area contributed by atoms with E-state index < -0.39 is 0 Å². The number of hydrogen-bond acceptors (Lipinski definition) is 3. The van der Waals surface area contributed by atoms with E-state index in [1.165, 1.54) is 75.5 Å². The highest BCUT2D eigenvalue weighted by Crippen LogP contribution is 2.34. The van der Waals surface area contributed by atoms with Crippen molar-refractivity contribution in [2.75, 3.05) is 17.2 Å². The van der Waals surface area contributed by atoms with Crippen LogP contribution in [0, 0.1) is 6.92 Å². The molecule has 0 atom stereocenters. The number of anilines is 2. The molecule has 5 nitrogen and oxygen atoms in total. The number of para-hydroxylation sites is 1. The Labute approximate surface area is 275 Å². The van der Waals surface area contributed by atoms with E-state index in [2.05, 4.69) is 67.6 Å². The molecule has 0 bridgehead atoms. The number of amides is 2. The first-order chi connectivity index (χ1) is 20.3. The van der Waals surface area contributed by atoms with Crippen LogP contribution >= 0.6 is 11.3 Å². The van der Waals surface area contributed by atoms with E-state index >= 15 is 0 Å². The van der Waals surface area contributed by atoms with Gasteiger partial charge in [-0.15, -0.1) is 0 Å². The van der Waals surface area contributed by atoms with Crippen LogP contribution < -0.4 is 36.9 Å². The Bertz CT molecular complexity index is 1220. The van der Waals surface area contributed by atoms with Crippen molar-refractivity contribution in [3.05, 3.63) is 70.2 Å². The fraction of sp³-hybridized carbons (Fsp3) is 0.556. The molecule has 0 unspecified atom stereocenters. The number of aryl methyl sites for hydroxylation is 1. The largest absolute Gasteiger partial charge is 1.00 e. The highest BCUT2D eigenvalue weighted by molar-refractivity contribution is 7.09. The molecule has 1 heterocycles. The molecular formula is C36H54BrN3O2S. The highest BCUT2D eigenvalue weighted by atomic mass is 79.9. The van der Waals surface area contributed by atoms with Gasteiger partial charge in [-0.1, -0.05) is 128 Å². The summed E-state index contributed by atoms with van der Waals surface area (Å²) in [6.07, 6.45) is 18.1. The quantitative estimate of drug-likeness (QED) is 0.109. The van der Waals surface area contributed by atoms with E-state index in [4.69, 9.17) is 4.74 Å². The van der Waals surface area contributed by atoms with Gasteiger partial charge in [-0.05, 0) is 43.0 Å². The minimum absolute atomic E-state index is 0. The summed E-state index contributed by atoms with van der Waals surface area (Å²) in [5.74, 6) is 0.907. The molecule has 2 N–H and O–H groups in total. The van der Waals surface area contributed by atoms with Gasteiger partial charge in [-0.2, -0.15) is 4.57 Å². The second-order valence-electron chi connectivity index (χ2n) is 12.6. The van der Waals surface area contributed by atoms with Crippen molar-refractivity contribution in [2.24, 2.45) is 0 Å². The van der Waals surface area contributed by atoms with Crippen LogP contribution in [-0.4, -0.2) is 12.6 Å². The van der Waals surface area contributed by atoms with Crippen LogP contribution in [0.2, 0.25) is 0 Å². The maximum absolute atomic E-state index is 13.0. The van der Waals surface area contributed by atoms with E-state index in [-0.39, 0.29) is 28.4 Å². The van der Waals surface area contributed by atoms with E-state index in [0.29, 0.717) is 6.54 Å². The zero-order valence-corrected chi connectivity index (χ0v) is 29.5. The first-order valence-electron chi connectivity index (χ1n) is 16.1. The van der Waals surface area contributed by atoms with Crippen LogP contribution in [0.4, 0.5) is 16.2 Å². The Morgan fingerprint density at radius 2 is 1.49 bits per heavy atom.